The summed E-state index contributed by atoms with van der Waals surface area (Å²) in [7, 11) is 0. The van der Waals surface area contributed by atoms with Crippen molar-refractivity contribution in [2.24, 2.45) is 5.92 Å². The number of nitrogens with one attached hydrogen (secondary N) is 2. The average Bonchev–Trinajstić information content (AvgIpc) is 3.19. The maximum atomic E-state index is 12.4. The molecule has 0 aliphatic carbocycles. The zero-order valence-corrected chi connectivity index (χ0v) is 16.9. The van der Waals surface area contributed by atoms with E-state index in [1.54, 1.807) is 24.3 Å². The number of amides is 2. The molecular weight excluding hydrogens is 389 g/mol. The number of piperidine rings is 1. The van der Waals surface area contributed by atoms with Gasteiger partial charge in [0.25, 0.3) is 5.91 Å². The molecule has 1 aromatic rings. The number of carbonyl (C=O) groups excluding carboxylic acids is 2. The lowest BCUT2D eigenvalue weighted by molar-refractivity contribution is -0.135. The monoisotopic (exact) mass is 415 g/mol. The van der Waals surface area contributed by atoms with Crippen molar-refractivity contribution in [2.45, 2.75) is 31.7 Å². The summed E-state index contributed by atoms with van der Waals surface area (Å²) in [6.45, 7) is 2.94. The molecule has 0 spiro atoms. The fourth-order valence-corrected chi connectivity index (χ4v) is 3.71. The summed E-state index contributed by atoms with van der Waals surface area (Å²) in [5, 5.41) is 6.82. The maximum Gasteiger partial charge on any atom is 0.260 e. The van der Waals surface area contributed by atoms with Crippen LogP contribution >= 0.6 is 24.0 Å². The van der Waals surface area contributed by atoms with Gasteiger partial charge in [0.2, 0.25) is 5.91 Å². The van der Waals surface area contributed by atoms with Gasteiger partial charge in [0.05, 0.1) is 6.04 Å². The van der Waals surface area contributed by atoms with Gasteiger partial charge < -0.3 is 20.3 Å². The maximum absolute atomic E-state index is 12.4. The van der Waals surface area contributed by atoms with Crippen LogP contribution in [0.3, 0.4) is 0 Å². The van der Waals surface area contributed by atoms with Crippen molar-refractivity contribution in [3.05, 3.63) is 29.3 Å². The Hall–Kier alpha value is -1.50. The highest BCUT2D eigenvalue weighted by Crippen LogP contribution is 2.19. The highest BCUT2D eigenvalue weighted by atomic mass is 35.5. The minimum Gasteiger partial charge on any atom is -0.484 e. The van der Waals surface area contributed by atoms with Crippen LogP contribution in [0, 0.1) is 5.92 Å². The highest BCUT2D eigenvalue weighted by molar-refractivity contribution is 6.30. The van der Waals surface area contributed by atoms with E-state index < -0.39 is 0 Å². The zero-order chi connectivity index (χ0) is 18.4. The molecule has 0 bridgehead atoms. The summed E-state index contributed by atoms with van der Waals surface area (Å²) in [6.07, 6.45) is 3.93. The number of carbonyl (C=O) groups is 2. The number of hydrogen-bond donors (Lipinski definition) is 2. The number of hydrogen-bond acceptors (Lipinski definition) is 4. The molecule has 2 N–H and O–H groups in total. The topological polar surface area (TPSA) is 70.7 Å². The molecule has 2 aliphatic heterocycles. The van der Waals surface area contributed by atoms with Crippen LogP contribution in [0.2, 0.25) is 5.02 Å². The Labute approximate surface area is 171 Å². The van der Waals surface area contributed by atoms with Gasteiger partial charge in [-0.1, -0.05) is 17.7 Å². The smallest absolute Gasteiger partial charge is 0.260 e. The van der Waals surface area contributed by atoms with Crippen LogP contribution in [-0.2, 0) is 9.59 Å². The average molecular weight is 416 g/mol. The Balaban J connectivity index is 0.00000261. The molecular formula is C19H27Cl2N3O3. The summed E-state index contributed by atoms with van der Waals surface area (Å²) in [6, 6.07) is 6.98. The quantitative estimate of drug-likeness (QED) is 0.747. The molecule has 3 rings (SSSR count). The van der Waals surface area contributed by atoms with E-state index in [1.165, 1.54) is 0 Å². The summed E-state index contributed by atoms with van der Waals surface area (Å²) in [5.74, 6) is 0.939. The molecule has 0 saturated carbocycles. The summed E-state index contributed by atoms with van der Waals surface area (Å²) >= 11 is 5.92. The minimum atomic E-state index is -0.0533. The van der Waals surface area contributed by atoms with Crippen LogP contribution in [-0.4, -0.2) is 55.5 Å². The van der Waals surface area contributed by atoms with Crippen molar-refractivity contribution in [1.29, 1.82) is 0 Å². The van der Waals surface area contributed by atoms with E-state index >= 15 is 0 Å². The van der Waals surface area contributed by atoms with Crippen molar-refractivity contribution in [3.8, 4) is 5.75 Å². The molecule has 1 aromatic carbocycles. The second kappa shape index (κ2) is 10.7. The number of likely N-dealkylation sites (tertiary alicyclic amines) is 1. The van der Waals surface area contributed by atoms with Crippen LogP contribution in [0.25, 0.3) is 0 Å². The Morgan fingerprint density at radius 1 is 1.30 bits per heavy atom. The highest BCUT2D eigenvalue weighted by Gasteiger charge is 2.26. The van der Waals surface area contributed by atoms with Gasteiger partial charge in [-0.25, -0.2) is 0 Å². The third kappa shape index (κ3) is 6.55. The molecule has 0 aromatic heterocycles. The van der Waals surface area contributed by atoms with Crippen LogP contribution in [0.1, 0.15) is 25.7 Å². The molecule has 150 valence electrons. The van der Waals surface area contributed by atoms with E-state index in [0.29, 0.717) is 29.8 Å². The van der Waals surface area contributed by atoms with E-state index in [-0.39, 0.29) is 36.9 Å². The van der Waals surface area contributed by atoms with Crippen molar-refractivity contribution in [2.75, 3.05) is 32.8 Å². The van der Waals surface area contributed by atoms with Gasteiger partial charge in [0.1, 0.15) is 5.75 Å². The first-order valence-electron chi connectivity index (χ1n) is 9.29. The third-order valence-electron chi connectivity index (χ3n) is 4.97. The fourth-order valence-electron chi connectivity index (χ4n) is 3.53. The Bertz CT molecular complexity index is 638. The van der Waals surface area contributed by atoms with Crippen LogP contribution in [0.5, 0.6) is 5.75 Å². The van der Waals surface area contributed by atoms with Gasteiger partial charge in [-0.05, 0) is 56.3 Å². The number of benzene rings is 1. The second-order valence-corrected chi connectivity index (χ2v) is 7.42. The molecule has 2 amide bonds. The number of ether oxygens (including phenoxy) is 1. The number of nitrogens with zero attached hydrogens (tertiary/aromatic N) is 1. The summed E-state index contributed by atoms with van der Waals surface area (Å²) in [5.41, 5.74) is 0. The van der Waals surface area contributed by atoms with E-state index in [4.69, 9.17) is 16.3 Å². The molecule has 2 unspecified atom stereocenters. The van der Waals surface area contributed by atoms with Gasteiger partial charge in [-0.3, -0.25) is 9.59 Å². The Morgan fingerprint density at radius 3 is 2.89 bits per heavy atom. The third-order valence-corrected chi connectivity index (χ3v) is 5.21. The number of halogens is 2. The first kappa shape index (κ1) is 21.8. The van der Waals surface area contributed by atoms with E-state index in [9.17, 15) is 9.59 Å². The van der Waals surface area contributed by atoms with E-state index in [2.05, 4.69) is 10.6 Å². The van der Waals surface area contributed by atoms with Gasteiger partial charge in [-0.15, -0.1) is 12.4 Å². The lowest BCUT2D eigenvalue weighted by atomic mass is 9.97. The van der Waals surface area contributed by atoms with Gasteiger partial charge >= 0.3 is 0 Å². The Morgan fingerprint density at radius 2 is 2.15 bits per heavy atom. The van der Waals surface area contributed by atoms with Crippen LogP contribution in [0.15, 0.2) is 24.3 Å². The summed E-state index contributed by atoms with van der Waals surface area (Å²) in [4.78, 5) is 26.4. The molecule has 2 saturated heterocycles. The van der Waals surface area contributed by atoms with Crippen molar-refractivity contribution in [3.63, 3.8) is 0 Å². The SMILES string of the molecule is Cl.O=C(NCC1CCCN(C(=O)COc2cccc(Cl)c2)C1)C1CCCN1. The zero-order valence-electron chi connectivity index (χ0n) is 15.3. The summed E-state index contributed by atoms with van der Waals surface area (Å²) < 4.78 is 5.55. The molecule has 2 heterocycles. The molecule has 6 nitrogen and oxygen atoms in total. The van der Waals surface area contributed by atoms with E-state index in [1.807, 2.05) is 4.90 Å². The lowest BCUT2D eigenvalue weighted by Gasteiger charge is -2.33. The molecule has 27 heavy (non-hydrogen) atoms. The van der Waals surface area contributed by atoms with Crippen LogP contribution < -0.4 is 15.4 Å². The molecule has 2 aliphatic rings. The fraction of sp³-hybridized carbons (Fsp3) is 0.579. The number of rotatable bonds is 6. The molecule has 2 fully saturated rings. The second-order valence-electron chi connectivity index (χ2n) is 6.99. The van der Waals surface area contributed by atoms with Gasteiger partial charge in [-0.2, -0.15) is 0 Å². The first-order valence-corrected chi connectivity index (χ1v) is 9.67. The first-order chi connectivity index (χ1) is 12.6. The van der Waals surface area contributed by atoms with Gasteiger partial charge in [0.15, 0.2) is 6.61 Å². The predicted octanol–water partition coefficient (Wildman–Crippen LogP) is 2.25. The standard InChI is InChI=1S/C19H26ClN3O3.ClH/c20-15-5-1-6-16(10-15)26-13-18(24)23-9-3-4-14(12-23)11-22-19(25)17-7-2-8-21-17;/h1,5-6,10,14,17,21H,2-4,7-9,11-13H2,(H,22,25);1H. The van der Waals surface area contributed by atoms with Crippen LogP contribution in [0.4, 0.5) is 0 Å². The van der Waals surface area contributed by atoms with Crippen molar-refractivity contribution < 1.29 is 14.3 Å². The van der Waals surface area contributed by atoms with E-state index in [0.717, 1.165) is 38.8 Å². The predicted molar refractivity (Wildman–Crippen MR) is 108 cm³/mol. The largest absolute Gasteiger partial charge is 0.484 e. The molecule has 2 atom stereocenters. The lowest BCUT2D eigenvalue weighted by Crippen LogP contribution is -2.47. The molecule has 8 heteroatoms. The van der Waals surface area contributed by atoms with Gasteiger partial charge in [0, 0.05) is 24.7 Å². The van der Waals surface area contributed by atoms with Crippen molar-refractivity contribution >= 4 is 35.8 Å². The molecule has 0 radical (unpaired) electrons. The minimum absolute atomic E-state index is 0. The van der Waals surface area contributed by atoms with Crippen molar-refractivity contribution in [1.82, 2.24) is 15.5 Å². The normalized spacial score (nSPS) is 22.0. The Kier molecular flexibility index (Phi) is 8.67.